The first-order valence-electron chi connectivity index (χ1n) is 9.89. The highest BCUT2D eigenvalue weighted by molar-refractivity contribution is 5.98. The third-order valence-corrected chi connectivity index (χ3v) is 5.66. The molecule has 1 heterocycles. The average Bonchev–Trinajstić information content (AvgIpc) is 3.08. The molecular formula is C23H27N3O2. The zero-order chi connectivity index (χ0) is 19.7. The lowest BCUT2D eigenvalue weighted by Crippen LogP contribution is -2.24. The van der Waals surface area contributed by atoms with Crippen LogP contribution in [0.4, 0.5) is 5.69 Å². The summed E-state index contributed by atoms with van der Waals surface area (Å²) in [4.78, 5) is 18.5. The summed E-state index contributed by atoms with van der Waals surface area (Å²) >= 11 is 0. The largest absolute Gasteiger partial charge is 0.508 e. The van der Waals surface area contributed by atoms with Gasteiger partial charge in [0.15, 0.2) is 0 Å². The Hall–Kier alpha value is -2.79. The second-order valence-corrected chi connectivity index (χ2v) is 7.91. The van der Waals surface area contributed by atoms with E-state index in [-0.39, 0.29) is 11.8 Å². The summed E-state index contributed by atoms with van der Waals surface area (Å²) in [5.41, 5.74) is 5.03. The molecule has 0 aliphatic heterocycles. The Morgan fingerprint density at radius 2 is 2.14 bits per heavy atom. The lowest BCUT2D eigenvalue weighted by Gasteiger charge is -2.25. The van der Waals surface area contributed by atoms with Gasteiger partial charge in [0.05, 0.1) is 5.92 Å². The van der Waals surface area contributed by atoms with E-state index in [1.165, 1.54) is 5.56 Å². The van der Waals surface area contributed by atoms with Gasteiger partial charge in [-0.05, 0) is 80.7 Å². The second kappa shape index (κ2) is 7.68. The molecule has 5 heteroatoms. The van der Waals surface area contributed by atoms with E-state index < -0.39 is 0 Å². The van der Waals surface area contributed by atoms with Gasteiger partial charge in [0, 0.05) is 29.3 Å². The molecule has 2 aromatic carbocycles. The molecule has 0 spiro atoms. The van der Waals surface area contributed by atoms with Crippen LogP contribution in [-0.2, 0) is 17.6 Å². The van der Waals surface area contributed by atoms with Crippen LogP contribution in [0.15, 0.2) is 42.6 Å². The van der Waals surface area contributed by atoms with E-state index in [1.807, 2.05) is 24.3 Å². The summed E-state index contributed by atoms with van der Waals surface area (Å²) in [6, 6.07) is 11.5. The number of fused-ring (bicyclic) bond motifs is 2. The van der Waals surface area contributed by atoms with Gasteiger partial charge < -0.3 is 20.3 Å². The predicted octanol–water partition coefficient (Wildman–Crippen LogP) is 4.04. The summed E-state index contributed by atoms with van der Waals surface area (Å²) in [5, 5.41) is 14.4. The summed E-state index contributed by atoms with van der Waals surface area (Å²) < 4.78 is 0. The number of carbonyl (C=O) groups excluding carboxylic acids is 1. The van der Waals surface area contributed by atoms with Gasteiger partial charge in [0.25, 0.3) is 0 Å². The van der Waals surface area contributed by atoms with Gasteiger partial charge in [-0.1, -0.05) is 12.1 Å². The van der Waals surface area contributed by atoms with Gasteiger partial charge in [0.1, 0.15) is 5.75 Å². The summed E-state index contributed by atoms with van der Waals surface area (Å²) in [5.74, 6) is 0.0801. The summed E-state index contributed by atoms with van der Waals surface area (Å²) in [6.07, 6.45) is 5.56. The Labute approximate surface area is 165 Å². The monoisotopic (exact) mass is 377 g/mol. The lowest BCUT2D eigenvalue weighted by atomic mass is 9.82. The molecule has 1 amide bonds. The van der Waals surface area contributed by atoms with Crippen LogP contribution in [0, 0.1) is 0 Å². The van der Waals surface area contributed by atoms with Crippen molar-refractivity contribution in [3.63, 3.8) is 0 Å². The van der Waals surface area contributed by atoms with Crippen molar-refractivity contribution in [2.24, 2.45) is 0 Å². The van der Waals surface area contributed by atoms with Crippen LogP contribution in [0.3, 0.4) is 0 Å². The number of nitrogens with zero attached hydrogens (tertiary/aromatic N) is 1. The van der Waals surface area contributed by atoms with Crippen LogP contribution in [0.1, 0.15) is 35.4 Å². The van der Waals surface area contributed by atoms with Gasteiger partial charge in [-0.2, -0.15) is 0 Å². The maximum atomic E-state index is 13.0. The fourth-order valence-corrected chi connectivity index (χ4v) is 4.14. The van der Waals surface area contributed by atoms with Crippen LogP contribution in [0.2, 0.25) is 0 Å². The molecule has 0 saturated carbocycles. The minimum atomic E-state index is -0.217. The number of likely N-dealkylation sites (N-methyl/N-ethyl adjacent to an activating group) is 1. The fraction of sp³-hybridized carbons (Fsp3) is 0.348. The number of amides is 1. The van der Waals surface area contributed by atoms with E-state index >= 15 is 0 Å². The maximum Gasteiger partial charge on any atom is 0.231 e. The third-order valence-electron chi connectivity index (χ3n) is 5.66. The highest BCUT2D eigenvalue weighted by Crippen LogP contribution is 2.37. The van der Waals surface area contributed by atoms with E-state index in [9.17, 15) is 9.90 Å². The van der Waals surface area contributed by atoms with Crippen LogP contribution in [-0.4, -0.2) is 41.5 Å². The van der Waals surface area contributed by atoms with E-state index in [2.05, 4.69) is 41.6 Å². The standard InChI is InChI=1S/C23H27N3O2/c1-26(2)12-11-15-14-24-21-10-9-16(13-20(15)21)25-23(28)19-7-3-6-18-17(19)5-4-8-22(18)27/h4-5,8-10,13-14,19,24,27H,3,6-7,11-12H2,1-2H3,(H,25,28). The number of nitrogens with one attached hydrogen (secondary N) is 2. The number of aromatic hydroxyl groups is 1. The smallest absolute Gasteiger partial charge is 0.231 e. The zero-order valence-electron chi connectivity index (χ0n) is 16.5. The van der Waals surface area contributed by atoms with Gasteiger partial charge in [-0.25, -0.2) is 0 Å². The minimum Gasteiger partial charge on any atom is -0.508 e. The number of phenolic OH excluding ortho intramolecular Hbond substituents is 1. The minimum absolute atomic E-state index is 0.00345. The Kier molecular flexibility index (Phi) is 5.09. The molecule has 0 radical (unpaired) electrons. The highest BCUT2D eigenvalue weighted by Gasteiger charge is 2.28. The van der Waals surface area contributed by atoms with Crippen molar-refractivity contribution in [2.45, 2.75) is 31.6 Å². The molecule has 0 bridgehead atoms. The number of rotatable bonds is 5. The summed E-state index contributed by atoms with van der Waals surface area (Å²) in [7, 11) is 4.14. The van der Waals surface area contributed by atoms with Crippen molar-refractivity contribution in [1.29, 1.82) is 0 Å². The van der Waals surface area contributed by atoms with E-state index in [4.69, 9.17) is 0 Å². The number of benzene rings is 2. The molecule has 1 aliphatic rings. The molecule has 146 valence electrons. The first-order chi connectivity index (χ1) is 13.5. The van der Waals surface area contributed by atoms with Crippen molar-refractivity contribution in [3.8, 4) is 5.75 Å². The molecule has 3 N–H and O–H groups in total. The van der Waals surface area contributed by atoms with Crippen molar-refractivity contribution in [3.05, 3.63) is 59.3 Å². The first-order valence-corrected chi connectivity index (χ1v) is 9.89. The number of aromatic amines is 1. The molecule has 0 fully saturated rings. The molecule has 28 heavy (non-hydrogen) atoms. The average molecular weight is 377 g/mol. The molecule has 1 unspecified atom stereocenters. The fourth-order valence-electron chi connectivity index (χ4n) is 4.14. The van der Waals surface area contributed by atoms with Crippen LogP contribution >= 0.6 is 0 Å². The number of hydrogen-bond donors (Lipinski definition) is 3. The Balaban J connectivity index is 1.56. The predicted molar refractivity (Wildman–Crippen MR) is 113 cm³/mol. The van der Waals surface area contributed by atoms with Crippen molar-refractivity contribution < 1.29 is 9.90 Å². The molecule has 3 aromatic rings. The van der Waals surface area contributed by atoms with Crippen LogP contribution in [0.25, 0.3) is 10.9 Å². The third kappa shape index (κ3) is 3.62. The molecule has 4 rings (SSSR count). The van der Waals surface area contributed by atoms with Crippen LogP contribution < -0.4 is 5.32 Å². The molecule has 1 aromatic heterocycles. The topological polar surface area (TPSA) is 68.4 Å². The molecule has 0 saturated heterocycles. The van der Waals surface area contributed by atoms with E-state index in [0.717, 1.165) is 59.9 Å². The maximum absolute atomic E-state index is 13.0. The number of carbonyl (C=O) groups is 1. The highest BCUT2D eigenvalue weighted by atomic mass is 16.3. The van der Waals surface area contributed by atoms with Gasteiger partial charge in [0.2, 0.25) is 5.91 Å². The first kappa shape index (κ1) is 18.6. The quantitative estimate of drug-likeness (QED) is 0.629. The SMILES string of the molecule is CN(C)CCc1c[nH]c2ccc(NC(=O)C3CCCc4c(O)cccc43)cc12. The van der Waals surface area contributed by atoms with E-state index in [0.29, 0.717) is 5.75 Å². The van der Waals surface area contributed by atoms with Gasteiger partial charge in [-0.15, -0.1) is 0 Å². The van der Waals surface area contributed by atoms with Crippen molar-refractivity contribution in [1.82, 2.24) is 9.88 Å². The second-order valence-electron chi connectivity index (χ2n) is 7.91. The number of hydrogen-bond acceptors (Lipinski definition) is 3. The molecule has 1 atom stereocenters. The van der Waals surface area contributed by atoms with Crippen LogP contribution in [0.5, 0.6) is 5.75 Å². The number of phenols is 1. The summed E-state index contributed by atoms with van der Waals surface area (Å²) in [6.45, 7) is 0.978. The number of aromatic nitrogens is 1. The van der Waals surface area contributed by atoms with Gasteiger partial charge >= 0.3 is 0 Å². The van der Waals surface area contributed by atoms with Crippen molar-refractivity contribution >= 4 is 22.5 Å². The molecule has 1 aliphatic carbocycles. The Bertz CT molecular complexity index is 1010. The van der Waals surface area contributed by atoms with E-state index in [1.54, 1.807) is 6.07 Å². The van der Waals surface area contributed by atoms with Gasteiger partial charge in [-0.3, -0.25) is 4.79 Å². The normalized spacial score (nSPS) is 16.3. The number of anilines is 1. The number of H-pyrrole nitrogens is 1. The van der Waals surface area contributed by atoms with Crippen molar-refractivity contribution in [2.75, 3.05) is 26.0 Å². The zero-order valence-corrected chi connectivity index (χ0v) is 16.5. The Morgan fingerprint density at radius 1 is 1.29 bits per heavy atom. The Morgan fingerprint density at radius 3 is 2.96 bits per heavy atom. The molecule has 5 nitrogen and oxygen atoms in total. The molecular weight excluding hydrogens is 350 g/mol. The lowest BCUT2D eigenvalue weighted by molar-refractivity contribution is -0.117.